The molecule has 3 aromatic rings. The standard InChI is InChI=1S/C29H29NO5/c1-28(2,3)35-27(33)30(25(31)22-18-12-7-13-19-22)29(26(32)34-4)23(20-14-8-5-9-15-20)24(29)21-16-10-6-11-17-21/h5-19,23-24H,1-4H3/t23-,24-/m0/s1. The molecule has 180 valence electrons. The van der Waals surface area contributed by atoms with Gasteiger partial charge in [0, 0.05) is 17.4 Å². The maximum atomic E-state index is 14.0. The third kappa shape index (κ3) is 4.44. The molecule has 0 heterocycles. The van der Waals surface area contributed by atoms with Gasteiger partial charge in [0.2, 0.25) is 0 Å². The van der Waals surface area contributed by atoms with Crippen molar-refractivity contribution in [2.45, 2.75) is 43.7 Å². The Morgan fingerprint density at radius 2 is 1.17 bits per heavy atom. The zero-order chi connectivity index (χ0) is 25.2. The molecule has 1 aliphatic rings. The van der Waals surface area contributed by atoms with E-state index in [1.165, 1.54) is 7.11 Å². The van der Waals surface area contributed by atoms with E-state index < -0.39 is 40.9 Å². The molecule has 1 fully saturated rings. The fourth-order valence-corrected chi connectivity index (χ4v) is 4.79. The summed E-state index contributed by atoms with van der Waals surface area (Å²) in [5, 5.41) is 0. The first kappa shape index (κ1) is 24.2. The Balaban J connectivity index is 1.96. The van der Waals surface area contributed by atoms with Crippen LogP contribution in [-0.4, -0.2) is 41.1 Å². The zero-order valence-corrected chi connectivity index (χ0v) is 20.3. The molecule has 0 saturated heterocycles. The van der Waals surface area contributed by atoms with Crippen LogP contribution in [0.4, 0.5) is 4.79 Å². The smallest absolute Gasteiger partial charge is 0.418 e. The first-order valence-electron chi connectivity index (χ1n) is 11.5. The largest absolute Gasteiger partial charge is 0.467 e. The Labute approximate surface area is 205 Å². The molecule has 2 amide bonds. The van der Waals surface area contributed by atoms with Gasteiger partial charge in [-0.05, 0) is 44.0 Å². The minimum absolute atomic E-state index is 0.271. The van der Waals surface area contributed by atoms with Crippen molar-refractivity contribution < 1.29 is 23.9 Å². The van der Waals surface area contributed by atoms with Crippen LogP contribution in [0.5, 0.6) is 0 Å². The number of rotatable bonds is 5. The van der Waals surface area contributed by atoms with Gasteiger partial charge < -0.3 is 9.47 Å². The van der Waals surface area contributed by atoms with Crippen LogP contribution < -0.4 is 0 Å². The van der Waals surface area contributed by atoms with Crippen molar-refractivity contribution in [1.82, 2.24) is 4.90 Å². The fourth-order valence-electron chi connectivity index (χ4n) is 4.79. The summed E-state index contributed by atoms with van der Waals surface area (Å²) in [6.45, 7) is 5.16. The lowest BCUT2D eigenvalue weighted by atomic mass is 10.0. The van der Waals surface area contributed by atoms with Crippen LogP contribution in [0.1, 0.15) is 54.1 Å². The van der Waals surface area contributed by atoms with E-state index in [0.29, 0.717) is 0 Å². The van der Waals surface area contributed by atoms with Crippen molar-refractivity contribution >= 4 is 18.0 Å². The summed E-state index contributed by atoms with van der Waals surface area (Å²) in [7, 11) is 1.27. The molecule has 0 aliphatic heterocycles. The van der Waals surface area contributed by atoms with Crippen LogP contribution in [0.25, 0.3) is 0 Å². The van der Waals surface area contributed by atoms with Crippen LogP contribution >= 0.6 is 0 Å². The SMILES string of the molecule is COC(=O)C1(N(C(=O)OC(C)(C)C)C(=O)c2ccccc2)[C@@H](c2ccccc2)[C@@H]1c1ccccc1. The Bertz CT molecular complexity index is 1160. The van der Waals surface area contributed by atoms with Crippen molar-refractivity contribution in [2.24, 2.45) is 0 Å². The molecule has 6 nitrogen and oxygen atoms in total. The van der Waals surface area contributed by atoms with Crippen LogP contribution in [0.2, 0.25) is 0 Å². The maximum Gasteiger partial charge on any atom is 0.418 e. The van der Waals surface area contributed by atoms with E-state index in [1.54, 1.807) is 51.1 Å². The van der Waals surface area contributed by atoms with E-state index in [0.717, 1.165) is 16.0 Å². The third-order valence-corrected chi connectivity index (χ3v) is 6.17. The van der Waals surface area contributed by atoms with Gasteiger partial charge in [-0.3, -0.25) is 4.79 Å². The quantitative estimate of drug-likeness (QED) is 0.456. The van der Waals surface area contributed by atoms with Gasteiger partial charge in [0.25, 0.3) is 5.91 Å². The molecule has 0 bridgehead atoms. The number of hydrogen-bond acceptors (Lipinski definition) is 5. The number of esters is 1. The molecule has 35 heavy (non-hydrogen) atoms. The Morgan fingerprint density at radius 1 is 0.743 bits per heavy atom. The lowest BCUT2D eigenvalue weighted by Crippen LogP contribution is -2.54. The van der Waals surface area contributed by atoms with E-state index in [-0.39, 0.29) is 5.56 Å². The van der Waals surface area contributed by atoms with Gasteiger partial charge in [0.15, 0.2) is 5.54 Å². The van der Waals surface area contributed by atoms with E-state index in [1.807, 2.05) is 60.7 Å². The van der Waals surface area contributed by atoms with E-state index in [2.05, 4.69) is 0 Å². The molecular formula is C29H29NO5. The average molecular weight is 472 g/mol. The van der Waals surface area contributed by atoms with E-state index in [4.69, 9.17) is 9.47 Å². The third-order valence-electron chi connectivity index (χ3n) is 6.17. The molecule has 1 aliphatic carbocycles. The number of nitrogens with zero attached hydrogens (tertiary/aromatic N) is 1. The molecule has 0 spiro atoms. The van der Waals surface area contributed by atoms with Crippen LogP contribution in [0.3, 0.4) is 0 Å². The topological polar surface area (TPSA) is 72.9 Å². The predicted octanol–water partition coefficient (Wildman–Crippen LogP) is 5.56. The van der Waals surface area contributed by atoms with Crippen molar-refractivity contribution in [3.63, 3.8) is 0 Å². The Kier molecular flexibility index (Phi) is 6.48. The fraction of sp³-hybridized carbons (Fsp3) is 0.276. The maximum absolute atomic E-state index is 14.0. The van der Waals surface area contributed by atoms with Gasteiger partial charge in [-0.25, -0.2) is 14.5 Å². The highest BCUT2D eigenvalue weighted by molar-refractivity contribution is 6.09. The summed E-state index contributed by atoms with van der Waals surface area (Å²) in [6, 6.07) is 27.2. The monoisotopic (exact) mass is 471 g/mol. The lowest BCUT2D eigenvalue weighted by Gasteiger charge is -2.32. The first-order chi connectivity index (χ1) is 16.7. The molecule has 3 aromatic carbocycles. The number of carbonyl (C=O) groups is 3. The highest BCUT2D eigenvalue weighted by atomic mass is 16.6. The van der Waals surface area contributed by atoms with Crippen LogP contribution in [0.15, 0.2) is 91.0 Å². The van der Waals surface area contributed by atoms with Crippen molar-refractivity contribution in [3.8, 4) is 0 Å². The minimum Gasteiger partial charge on any atom is -0.467 e. The van der Waals surface area contributed by atoms with Crippen molar-refractivity contribution in [2.75, 3.05) is 7.11 Å². The van der Waals surface area contributed by atoms with E-state index >= 15 is 0 Å². The highest BCUT2D eigenvalue weighted by Gasteiger charge is 2.77. The summed E-state index contributed by atoms with van der Waals surface area (Å²) in [5.74, 6) is -2.32. The Hall–Kier alpha value is -3.93. The average Bonchev–Trinajstić information content (AvgIpc) is 3.54. The first-order valence-corrected chi connectivity index (χ1v) is 11.5. The Morgan fingerprint density at radius 3 is 1.57 bits per heavy atom. The summed E-state index contributed by atoms with van der Waals surface area (Å²) in [4.78, 5) is 42.3. The van der Waals surface area contributed by atoms with Crippen LogP contribution in [-0.2, 0) is 14.3 Å². The summed E-state index contributed by atoms with van der Waals surface area (Å²) < 4.78 is 11.0. The summed E-state index contributed by atoms with van der Waals surface area (Å²) >= 11 is 0. The van der Waals surface area contributed by atoms with Gasteiger partial charge in [-0.1, -0.05) is 78.9 Å². The van der Waals surface area contributed by atoms with Gasteiger partial charge in [-0.2, -0.15) is 0 Å². The molecule has 0 aromatic heterocycles. The molecule has 6 heteroatoms. The zero-order valence-electron chi connectivity index (χ0n) is 20.3. The van der Waals surface area contributed by atoms with Gasteiger partial charge >= 0.3 is 12.1 Å². The second-order valence-corrected chi connectivity index (χ2v) is 9.58. The number of benzene rings is 3. The van der Waals surface area contributed by atoms with Gasteiger partial charge in [-0.15, -0.1) is 0 Å². The minimum atomic E-state index is -1.62. The second-order valence-electron chi connectivity index (χ2n) is 9.58. The van der Waals surface area contributed by atoms with E-state index in [9.17, 15) is 14.4 Å². The summed E-state index contributed by atoms with van der Waals surface area (Å²) in [6.07, 6.45) is -0.892. The predicted molar refractivity (Wildman–Crippen MR) is 132 cm³/mol. The van der Waals surface area contributed by atoms with Crippen LogP contribution in [0, 0.1) is 0 Å². The molecule has 0 radical (unpaired) electrons. The number of ether oxygens (including phenoxy) is 2. The van der Waals surface area contributed by atoms with Crippen molar-refractivity contribution in [3.05, 3.63) is 108 Å². The van der Waals surface area contributed by atoms with Crippen molar-refractivity contribution in [1.29, 1.82) is 0 Å². The molecule has 2 atom stereocenters. The number of amides is 2. The lowest BCUT2D eigenvalue weighted by molar-refractivity contribution is -0.148. The molecule has 0 unspecified atom stereocenters. The number of hydrogen-bond donors (Lipinski definition) is 0. The number of carbonyl (C=O) groups excluding carboxylic acids is 3. The second kappa shape index (κ2) is 9.37. The normalized spacial score (nSPS) is 21.0. The molecule has 4 rings (SSSR count). The highest BCUT2D eigenvalue weighted by Crippen LogP contribution is 2.67. The molecular weight excluding hydrogens is 442 g/mol. The summed E-state index contributed by atoms with van der Waals surface area (Å²) in [5.41, 5.74) is -0.593. The van der Waals surface area contributed by atoms with Gasteiger partial charge in [0.05, 0.1) is 7.11 Å². The number of methoxy groups -OCH3 is 1. The van der Waals surface area contributed by atoms with Gasteiger partial charge in [0.1, 0.15) is 5.60 Å². The molecule has 1 saturated carbocycles. The number of imide groups is 1. The molecule has 0 N–H and O–H groups in total.